The van der Waals surface area contributed by atoms with Gasteiger partial charge in [0.15, 0.2) is 0 Å². The molecular weight excluding hydrogens is 396 g/mol. The number of aromatic nitrogens is 2. The molecule has 0 aliphatic carbocycles. The Labute approximate surface area is 157 Å². The van der Waals surface area contributed by atoms with Gasteiger partial charge in [0.2, 0.25) is 10.0 Å². The van der Waals surface area contributed by atoms with Crippen molar-refractivity contribution in [2.75, 3.05) is 6.54 Å². The van der Waals surface area contributed by atoms with E-state index in [1.54, 1.807) is 12.1 Å². The number of alkyl halides is 2. The first-order chi connectivity index (χ1) is 13.2. The van der Waals surface area contributed by atoms with E-state index in [1.165, 1.54) is 30.3 Å². The van der Waals surface area contributed by atoms with Crippen LogP contribution in [0.2, 0.25) is 0 Å². The number of sulfonamides is 1. The Morgan fingerprint density at radius 1 is 0.964 bits per heavy atom. The number of aromatic amines is 2. The Kier molecular flexibility index (Phi) is 5.56. The fourth-order valence-electron chi connectivity index (χ4n) is 2.51. The quantitative estimate of drug-likeness (QED) is 0.507. The van der Waals surface area contributed by atoms with Crippen LogP contribution in [0.25, 0.3) is 11.0 Å². The summed E-state index contributed by atoms with van der Waals surface area (Å²) in [5, 5.41) is 0. The van der Waals surface area contributed by atoms with Crippen LogP contribution in [0.5, 0.6) is 5.75 Å². The zero-order valence-corrected chi connectivity index (χ0v) is 15.1. The van der Waals surface area contributed by atoms with E-state index in [1.807, 2.05) is 0 Å². The molecule has 148 valence electrons. The minimum Gasteiger partial charge on any atom is -0.435 e. The molecule has 1 heterocycles. The largest absolute Gasteiger partial charge is 0.435 e. The minimum absolute atomic E-state index is 0.0162. The third-order valence-electron chi connectivity index (χ3n) is 3.86. The van der Waals surface area contributed by atoms with Crippen molar-refractivity contribution < 1.29 is 21.9 Å². The Hall–Kier alpha value is -3.05. The highest BCUT2D eigenvalue weighted by atomic mass is 32.2. The Bertz CT molecular complexity index is 1200. The van der Waals surface area contributed by atoms with Gasteiger partial charge in [0, 0.05) is 6.54 Å². The maximum atomic E-state index is 12.4. The smallest absolute Gasteiger partial charge is 0.387 e. The number of nitrogens with one attached hydrogen (secondary N) is 3. The van der Waals surface area contributed by atoms with Crippen LogP contribution < -0.4 is 20.6 Å². The molecule has 0 saturated carbocycles. The van der Waals surface area contributed by atoms with Gasteiger partial charge in [-0.15, -0.1) is 0 Å². The summed E-state index contributed by atoms with van der Waals surface area (Å²) in [5.74, 6) is 0.0162. The van der Waals surface area contributed by atoms with Crippen LogP contribution in [-0.2, 0) is 16.4 Å². The highest BCUT2D eigenvalue weighted by molar-refractivity contribution is 7.89. The summed E-state index contributed by atoms with van der Waals surface area (Å²) in [7, 11) is -3.86. The third-order valence-corrected chi connectivity index (χ3v) is 5.32. The van der Waals surface area contributed by atoms with Crippen molar-refractivity contribution in [1.82, 2.24) is 14.7 Å². The number of fused-ring (bicyclic) bond motifs is 1. The fraction of sp³-hybridized carbons (Fsp3) is 0.176. The van der Waals surface area contributed by atoms with Crippen molar-refractivity contribution >= 4 is 21.1 Å². The van der Waals surface area contributed by atoms with Crippen molar-refractivity contribution in [2.24, 2.45) is 0 Å². The summed E-state index contributed by atoms with van der Waals surface area (Å²) in [6.07, 6.45) is 0.325. The summed E-state index contributed by atoms with van der Waals surface area (Å²) < 4.78 is 55.7. The first-order valence-corrected chi connectivity index (χ1v) is 9.53. The van der Waals surface area contributed by atoms with Crippen molar-refractivity contribution in [3.05, 3.63) is 68.7 Å². The molecule has 0 aliphatic rings. The summed E-state index contributed by atoms with van der Waals surface area (Å²) in [6.45, 7) is -2.84. The van der Waals surface area contributed by atoms with E-state index < -0.39 is 27.8 Å². The molecule has 0 bridgehead atoms. The molecule has 0 amide bonds. The molecule has 0 atom stereocenters. The van der Waals surface area contributed by atoms with Gasteiger partial charge in [0.1, 0.15) is 5.75 Å². The predicted octanol–water partition coefficient (Wildman–Crippen LogP) is 1.34. The Morgan fingerprint density at radius 3 is 2.25 bits per heavy atom. The zero-order valence-electron chi connectivity index (χ0n) is 14.2. The molecule has 3 aromatic rings. The lowest BCUT2D eigenvalue weighted by molar-refractivity contribution is -0.0498. The number of rotatable bonds is 7. The van der Waals surface area contributed by atoms with E-state index >= 15 is 0 Å². The molecule has 0 radical (unpaired) electrons. The van der Waals surface area contributed by atoms with Crippen LogP contribution in [0.15, 0.2) is 56.9 Å². The van der Waals surface area contributed by atoms with Crippen LogP contribution in [0.1, 0.15) is 5.56 Å². The monoisotopic (exact) mass is 411 g/mol. The van der Waals surface area contributed by atoms with Gasteiger partial charge < -0.3 is 14.7 Å². The third kappa shape index (κ3) is 4.61. The van der Waals surface area contributed by atoms with Crippen LogP contribution >= 0.6 is 0 Å². The molecule has 8 nitrogen and oxygen atoms in total. The van der Waals surface area contributed by atoms with E-state index in [4.69, 9.17) is 0 Å². The normalized spacial score (nSPS) is 11.8. The van der Waals surface area contributed by atoms with E-state index in [0.29, 0.717) is 11.9 Å². The number of ether oxygens (including phenoxy) is 1. The second-order valence-electron chi connectivity index (χ2n) is 5.79. The van der Waals surface area contributed by atoms with Gasteiger partial charge in [-0.25, -0.2) is 13.1 Å². The molecule has 3 rings (SSSR count). The van der Waals surface area contributed by atoms with Gasteiger partial charge in [-0.2, -0.15) is 8.78 Å². The zero-order chi connectivity index (χ0) is 20.3. The number of halogens is 2. The van der Waals surface area contributed by atoms with Gasteiger partial charge >= 0.3 is 17.7 Å². The van der Waals surface area contributed by atoms with E-state index in [9.17, 15) is 26.8 Å². The summed E-state index contributed by atoms with van der Waals surface area (Å²) in [5.41, 5.74) is -0.498. The van der Waals surface area contributed by atoms with Crippen LogP contribution in [0.3, 0.4) is 0 Å². The fourth-order valence-corrected chi connectivity index (χ4v) is 3.57. The van der Waals surface area contributed by atoms with E-state index in [-0.39, 0.29) is 22.7 Å². The summed E-state index contributed by atoms with van der Waals surface area (Å²) in [4.78, 5) is 27.3. The minimum atomic E-state index is -3.86. The second kappa shape index (κ2) is 7.90. The summed E-state index contributed by atoms with van der Waals surface area (Å²) in [6, 6.07) is 9.78. The predicted molar refractivity (Wildman–Crippen MR) is 97.2 cm³/mol. The van der Waals surface area contributed by atoms with Gasteiger partial charge in [-0.1, -0.05) is 12.1 Å². The summed E-state index contributed by atoms with van der Waals surface area (Å²) >= 11 is 0. The lowest BCUT2D eigenvalue weighted by atomic mass is 10.1. The molecule has 28 heavy (non-hydrogen) atoms. The van der Waals surface area contributed by atoms with E-state index in [0.717, 1.165) is 5.56 Å². The number of hydrogen-bond donors (Lipinski definition) is 3. The first kappa shape index (κ1) is 19.7. The van der Waals surface area contributed by atoms with Crippen molar-refractivity contribution in [3.8, 4) is 5.75 Å². The van der Waals surface area contributed by atoms with Gasteiger partial charge in [0.05, 0.1) is 15.9 Å². The number of hydrogen-bond acceptors (Lipinski definition) is 5. The lowest BCUT2D eigenvalue weighted by Gasteiger charge is -2.09. The molecule has 0 unspecified atom stereocenters. The standard InChI is InChI=1S/C17H15F2N3O5S/c18-17(19)27-11-3-1-10(2-4-11)7-8-20-28(25,26)12-5-6-13-14(9-12)22-16(24)15(23)21-13/h1-6,9,17,20H,7-8H2,(H,21,23)(H,22,24). The van der Waals surface area contributed by atoms with Crippen LogP contribution in [0, 0.1) is 0 Å². The molecule has 0 spiro atoms. The van der Waals surface area contributed by atoms with Crippen molar-refractivity contribution in [1.29, 1.82) is 0 Å². The first-order valence-electron chi connectivity index (χ1n) is 8.04. The highest BCUT2D eigenvalue weighted by Gasteiger charge is 2.15. The highest BCUT2D eigenvalue weighted by Crippen LogP contribution is 2.16. The molecular formula is C17H15F2N3O5S. The molecule has 11 heteroatoms. The maximum absolute atomic E-state index is 12.4. The maximum Gasteiger partial charge on any atom is 0.387 e. The molecule has 1 aromatic heterocycles. The second-order valence-corrected chi connectivity index (χ2v) is 7.55. The topological polar surface area (TPSA) is 121 Å². The van der Waals surface area contributed by atoms with E-state index in [2.05, 4.69) is 19.4 Å². The van der Waals surface area contributed by atoms with Gasteiger partial charge in [-0.05, 0) is 42.3 Å². The molecule has 3 N–H and O–H groups in total. The van der Waals surface area contributed by atoms with Crippen molar-refractivity contribution in [2.45, 2.75) is 17.9 Å². The molecule has 0 aliphatic heterocycles. The Balaban J connectivity index is 1.68. The number of benzene rings is 2. The van der Waals surface area contributed by atoms with Crippen LogP contribution in [0.4, 0.5) is 8.78 Å². The van der Waals surface area contributed by atoms with Crippen LogP contribution in [-0.4, -0.2) is 31.5 Å². The number of H-pyrrole nitrogens is 2. The molecule has 0 saturated heterocycles. The van der Waals surface area contributed by atoms with Gasteiger partial charge in [0.25, 0.3) is 0 Å². The average Bonchev–Trinajstić information content (AvgIpc) is 2.63. The van der Waals surface area contributed by atoms with Crippen molar-refractivity contribution in [3.63, 3.8) is 0 Å². The van der Waals surface area contributed by atoms with Gasteiger partial charge in [-0.3, -0.25) is 9.59 Å². The molecule has 0 fully saturated rings. The Morgan fingerprint density at radius 2 is 1.61 bits per heavy atom. The SMILES string of the molecule is O=c1[nH]c2ccc(S(=O)(=O)NCCc3ccc(OC(F)F)cc3)cc2[nH]c1=O. The lowest BCUT2D eigenvalue weighted by Crippen LogP contribution is -2.29. The average molecular weight is 411 g/mol. The molecule has 2 aromatic carbocycles.